The molecule has 0 saturated heterocycles. The number of carbonyl (C=O) groups is 2. The highest BCUT2D eigenvalue weighted by Gasteiger charge is 2.12. The molecule has 0 aliphatic rings. The number of aliphatic carboxylic acids is 1. The van der Waals surface area contributed by atoms with Crippen molar-refractivity contribution in [2.75, 3.05) is 26.2 Å². The van der Waals surface area contributed by atoms with E-state index in [-0.39, 0.29) is 18.6 Å². The molecule has 18 heavy (non-hydrogen) atoms. The number of carbonyl (C=O) groups excluding carboxylic acids is 1. The molecule has 0 rings (SSSR count). The minimum atomic E-state index is -0.806. The number of hydrogen-bond acceptors (Lipinski definition) is 3. The van der Waals surface area contributed by atoms with Crippen LogP contribution >= 0.6 is 0 Å². The highest BCUT2D eigenvalue weighted by molar-refractivity contribution is 5.74. The molecule has 0 radical (unpaired) electrons. The summed E-state index contributed by atoms with van der Waals surface area (Å²) in [4.78, 5) is 23.9. The molecule has 0 aromatic heterocycles. The van der Waals surface area contributed by atoms with Gasteiger partial charge in [0.15, 0.2) is 0 Å². The summed E-state index contributed by atoms with van der Waals surface area (Å²) in [6.07, 6.45) is 1.77. The summed E-state index contributed by atoms with van der Waals surface area (Å²) in [6.45, 7) is 5.21. The predicted molar refractivity (Wildman–Crippen MR) is 68.4 cm³/mol. The minimum absolute atomic E-state index is 0.0694. The highest BCUT2D eigenvalue weighted by atomic mass is 16.4. The summed E-state index contributed by atoms with van der Waals surface area (Å²) >= 11 is 0. The largest absolute Gasteiger partial charge is 0.481 e. The summed E-state index contributed by atoms with van der Waals surface area (Å²) in [7, 11) is 0. The third-order valence-corrected chi connectivity index (χ3v) is 2.77. The summed E-state index contributed by atoms with van der Waals surface area (Å²) in [5.41, 5.74) is 0. The van der Waals surface area contributed by atoms with E-state index < -0.39 is 5.97 Å². The summed E-state index contributed by atoms with van der Waals surface area (Å²) < 4.78 is 0. The van der Waals surface area contributed by atoms with Gasteiger partial charge in [0.25, 0.3) is 0 Å². The first kappa shape index (κ1) is 16.7. The van der Waals surface area contributed by atoms with Crippen LogP contribution in [0.5, 0.6) is 0 Å². The van der Waals surface area contributed by atoms with Crippen molar-refractivity contribution in [2.24, 2.45) is 5.92 Å². The normalized spacial score (nSPS) is 11.9. The van der Waals surface area contributed by atoms with Gasteiger partial charge in [0.1, 0.15) is 0 Å². The van der Waals surface area contributed by atoms with Gasteiger partial charge in [-0.15, -0.1) is 0 Å². The molecule has 0 spiro atoms. The fraction of sp³-hybridized carbons (Fsp3) is 0.833. The van der Waals surface area contributed by atoms with E-state index in [1.807, 2.05) is 6.92 Å². The fourth-order valence-electron chi connectivity index (χ4n) is 1.50. The van der Waals surface area contributed by atoms with E-state index in [0.717, 1.165) is 0 Å². The van der Waals surface area contributed by atoms with Crippen LogP contribution in [0.1, 0.15) is 33.1 Å². The first-order chi connectivity index (χ1) is 8.52. The Hall–Kier alpha value is -1.30. The molecule has 0 bridgehead atoms. The molecule has 0 fully saturated rings. The number of amides is 2. The van der Waals surface area contributed by atoms with Crippen molar-refractivity contribution < 1.29 is 19.8 Å². The van der Waals surface area contributed by atoms with Crippen molar-refractivity contribution >= 4 is 12.0 Å². The van der Waals surface area contributed by atoms with Crippen LogP contribution in [0.3, 0.4) is 0 Å². The zero-order valence-corrected chi connectivity index (χ0v) is 11.2. The van der Waals surface area contributed by atoms with E-state index >= 15 is 0 Å². The Morgan fingerprint density at radius 3 is 2.50 bits per heavy atom. The lowest BCUT2D eigenvalue weighted by molar-refractivity contribution is -0.141. The number of hydrogen-bond donors (Lipinski definition) is 3. The monoisotopic (exact) mass is 260 g/mol. The van der Waals surface area contributed by atoms with Gasteiger partial charge < -0.3 is 20.4 Å². The van der Waals surface area contributed by atoms with Gasteiger partial charge in [-0.05, 0) is 26.2 Å². The maximum Gasteiger partial charge on any atom is 0.317 e. The lowest BCUT2D eigenvalue weighted by atomic mass is 10.1. The van der Waals surface area contributed by atoms with Crippen molar-refractivity contribution in [1.82, 2.24) is 10.2 Å². The second kappa shape index (κ2) is 9.70. The number of urea groups is 1. The van der Waals surface area contributed by atoms with Crippen LogP contribution < -0.4 is 5.32 Å². The van der Waals surface area contributed by atoms with Crippen molar-refractivity contribution in [3.05, 3.63) is 0 Å². The van der Waals surface area contributed by atoms with Crippen LogP contribution in [0.25, 0.3) is 0 Å². The molecule has 0 aromatic carbocycles. The maximum absolute atomic E-state index is 11.7. The number of carboxylic acid groups (broad SMARTS) is 1. The molecule has 2 amide bonds. The number of carboxylic acids is 1. The molecule has 0 heterocycles. The zero-order chi connectivity index (χ0) is 14.0. The molecular formula is C12H24N2O4. The van der Waals surface area contributed by atoms with Gasteiger partial charge in [-0.25, -0.2) is 4.79 Å². The highest BCUT2D eigenvalue weighted by Crippen LogP contribution is 2.04. The first-order valence-corrected chi connectivity index (χ1v) is 6.39. The van der Waals surface area contributed by atoms with Crippen LogP contribution in [0.2, 0.25) is 0 Å². The van der Waals surface area contributed by atoms with Crippen LogP contribution in [-0.2, 0) is 4.79 Å². The SMILES string of the molecule is CCN(CCCO)C(=O)NCCCC(C)C(=O)O. The van der Waals surface area contributed by atoms with Gasteiger partial charge in [0, 0.05) is 26.2 Å². The Bertz CT molecular complexity index is 258. The Morgan fingerprint density at radius 2 is 2.00 bits per heavy atom. The number of nitrogens with zero attached hydrogens (tertiary/aromatic N) is 1. The maximum atomic E-state index is 11.7. The first-order valence-electron chi connectivity index (χ1n) is 6.39. The molecule has 106 valence electrons. The summed E-state index contributed by atoms with van der Waals surface area (Å²) in [5.74, 6) is -1.18. The van der Waals surface area contributed by atoms with E-state index in [4.69, 9.17) is 10.2 Å². The molecule has 1 atom stereocenters. The van der Waals surface area contributed by atoms with Gasteiger partial charge in [-0.1, -0.05) is 6.92 Å². The molecule has 6 nitrogen and oxygen atoms in total. The van der Waals surface area contributed by atoms with Gasteiger partial charge in [-0.2, -0.15) is 0 Å². The van der Waals surface area contributed by atoms with E-state index in [2.05, 4.69) is 5.32 Å². The number of nitrogens with one attached hydrogen (secondary N) is 1. The quantitative estimate of drug-likeness (QED) is 0.537. The second-order valence-corrected chi connectivity index (χ2v) is 4.27. The number of aliphatic hydroxyl groups excluding tert-OH is 1. The Kier molecular flexibility index (Phi) is 9.00. The van der Waals surface area contributed by atoms with Gasteiger partial charge in [-0.3, -0.25) is 4.79 Å². The van der Waals surface area contributed by atoms with E-state index in [0.29, 0.717) is 38.9 Å². The molecule has 0 aromatic rings. The van der Waals surface area contributed by atoms with Crippen molar-refractivity contribution in [2.45, 2.75) is 33.1 Å². The predicted octanol–water partition coefficient (Wildman–Crippen LogP) is 0.901. The molecular weight excluding hydrogens is 236 g/mol. The van der Waals surface area contributed by atoms with Crippen molar-refractivity contribution in [3.63, 3.8) is 0 Å². The smallest absolute Gasteiger partial charge is 0.317 e. The molecule has 0 saturated carbocycles. The van der Waals surface area contributed by atoms with Gasteiger partial charge >= 0.3 is 12.0 Å². The van der Waals surface area contributed by atoms with E-state index in [1.54, 1.807) is 11.8 Å². The van der Waals surface area contributed by atoms with Crippen LogP contribution in [-0.4, -0.2) is 53.4 Å². The van der Waals surface area contributed by atoms with E-state index in [9.17, 15) is 9.59 Å². The van der Waals surface area contributed by atoms with Crippen molar-refractivity contribution in [3.8, 4) is 0 Å². The standard InChI is InChI=1S/C12H24N2O4/c1-3-14(8-5-9-15)12(18)13-7-4-6-10(2)11(16)17/h10,15H,3-9H2,1-2H3,(H,13,18)(H,16,17). The van der Waals surface area contributed by atoms with Crippen LogP contribution in [0.4, 0.5) is 4.79 Å². The molecule has 1 unspecified atom stereocenters. The fourth-order valence-corrected chi connectivity index (χ4v) is 1.50. The summed E-state index contributed by atoms with van der Waals surface area (Å²) in [6, 6.07) is -0.158. The second-order valence-electron chi connectivity index (χ2n) is 4.27. The third-order valence-electron chi connectivity index (χ3n) is 2.77. The lowest BCUT2D eigenvalue weighted by Crippen LogP contribution is -2.41. The van der Waals surface area contributed by atoms with E-state index in [1.165, 1.54) is 0 Å². The number of aliphatic hydroxyl groups is 1. The Labute approximate surface area is 108 Å². The van der Waals surface area contributed by atoms with Crippen molar-refractivity contribution in [1.29, 1.82) is 0 Å². The average Bonchev–Trinajstić information content (AvgIpc) is 2.35. The molecule has 0 aliphatic heterocycles. The zero-order valence-electron chi connectivity index (χ0n) is 11.2. The van der Waals surface area contributed by atoms with Crippen LogP contribution in [0, 0.1) is 5.92 Å². The average molecular weight is 260 g/mol. The summed E-state index contributed by atoms with van der Waals surface area (Å²) in [5, 5.41) is 20.1. The van der Waals surface area contributed by atoms with Crippen LogP contribution in [0.15, 0.2) is 0 Å². The Morgan fingerprint density at radius 1 is 1.33 bits per heavy atom. The molecule has 0 aliphatic carbocycles. The van der Waals surface area contributed by atoms with Gasteiger partial charge in [0.2, 0.25) is 0 Å². The topological polar surface area (TPSA) is 89.9 Å². The molecule has 3 N–H and O–H groups in total. The Balaban J connectivity index is 3.77. The molecule has 6 heteroatoms. The minimum Gasteiger partial charge on any atom is -0.481 e. The lowest BCUT2D eigenvalue weighted by Gasteiger charge is -2.21. The van der Waals surface area contributed by atoms with Gasteiger partial charge in [0.05, 0.1) is 5.92 Å². The third kappa shape index (κ3) is 7.11. The number of rotatable bonds is 9.